The monoisotopic (exact) mass is 284 g/mol. The lowest BCUT2D eigenvalue weighted by molar-refractivity contribution is -0.0173. The maximum absolute atomic E-state index is 11.8. The summed E-state index contributed by atoms with van der Waals surface area (Å²) in [6.07, 6.45) is 0.168. The van der Waals surface area contributed by atoms with Gasteiger partial charge in [-0.1, -0.05) is 11.8 Å². The maximum atomic E-state index is 11.8. The smallest absolute Gasteiger partial charge is 0.279 e. The van der Waals surface area contributed by atoms with Crippen LogP contribution in [0.1, 0.15) is 11.8 Å². The van der Waals surface area contributed by atoms with E-state index >= 15 is 0 Å². The van der Waals surface area contributed by atoms with E-state index in [-0.39, 0.29) is 16.9 Å². The number of aromatic nitrogens is 4. The molecule has 102 valence electrons. The third kappa shape index (κ3) is 2.73. The number of hydrogen-bond acceptors (Lipinski definition) is 8. The number of nitrogens with zero attached hydrogens (tertiary/aromatic N) is 3. The Morgan fingerprint density at radius 1 is 1.42 bits per heavy atom. The third-order valence-electron chi connectivity index (χ3n) is 2.46. The minimum absolute atomic E-state index is 0.00162. The van der Waals surface area contributed by atoms with Gasteiger partial charge in [0.2, 0.25) is 0 Å². The van der Waals surface area contributed by atoms with Gasteiger partial charge in [-0.2, -0.15) is 0 Å². The van der Waals surface area contributed by atoms with E-state index in [0.717, 1.165) is 0 Å². The number of aliphatic hydroxyl groups excluding tert-OH is 3. The Labute approximate surface area is 111 Å². The first-order valence-electron chi connectivity index (χ1n) is 5.34. The maximum Gasteiger partial charge on any atom is 0.279 e. The Morgan fingerprint density at radius 2 is 2.16 bits per heavy atom. The number of thioether (sulfide) groups is 1. The molecule has 19 heavy (non-hydrogen) atoms. The van der Waals surface area contributed by atoms with E-state index in [1.165, 1.54) is 18.0 Å². The number of aromatic amines is 1. The molecule has 0 aliphatic rings. The number of hydrogen-bond donors (Lipinski definition) is 4. The molecule has 0 radical (unpaired) electrons. The van der Waals surface area contributed by atoms with Crippen molar-refractivity contribution in [2.45, 2.75) is 17.4 Å². The van der Waals surface area contributed by atoms with Crippen LogP contribution < -0.4 is 5.56 Å². The van der Waals surface area contributed by atoms with Gasteiger partial charge in [0.05, 0.1) is 18.5 Å². The van der Waals surface area contributed by atoms with Crippen LogP contribution in [-0.2, 0) is 0 Å². The van der Waals surface area contributed by atoms with E-state index in [4.69, 9.17) is 5.11 Å². The molecule has 0 saturated carbocycles. The highest BCUT2D eigenvalue weighted by Crippen LogP contribution is 2.15. The first-order valence-corrected chi connectivity index (χ1v) is 6.57. The van der Waals surface area contributed by atoms with Crippen molar-refractivity contribution in [2.75, 3.05) is 12.9 Å². The van der Waals surface area contributed by atoms with Crippen LogP contribution >= 0.6 is 11.8 Å². The van der Waals surface area contributed by atoms with Crippen LogP contribution in [0.4, 0.5) is 0 Å². The van der Waals surface area contributed by atoms with Crippen LogP contribution in [0.5, 0.6) is 0 Å². The SMILES string of the molecule is CSc1nc2ncc([C@@H](O)[C@H](O)CO)nc2c(=O)[nH]1. The van der Waals surface area contributed by atoms with Gasteiger partial charge in [-0.05, 0) is 6.26 Å². The van der Waals surface area contributed by atoms with Crippen molar-refractivity contribution >= 4 is 22.9 Å². The van der Waals surface area contributed by atoms with Crippen molar-refractivity contribution < 1.29 is 15.3 Å². The van der Waals surface area contributed by atoms with E-state index in [9.17, 15) is 15.0 Å². The number of H-pyrrole nitrogens is 1. The van der Waals surface area contributed by atoms with E-state index in [0.29, 0.717) is 5.16 Å². The second-order valence-corrected chi connectivity index (χ2v) is 4.53. The first-order chi connectivity index (χ1) is 9.06. The summed E-state index contributed by atoms with van der Waals surface area (Å²) in [5.74, 6) is 0. The Balaban J connectivity index is 2.52. The van der Waals surface area contributed by atoms with Gasteiger partial charge in [0.15, 0.2) is 16.3 Å². The molecule has 0 saturated heterocycles. The lowest BCUT2D eigenvalue weighted by Gasteiger charge is -2.14. The molecule has 0 aliphatic heterocycles. The van der Waals surface area contributed by atoms with E-state index in [1.54, 1.807) is 6.26 Å². The zero-order valence-electron chi connectivity index (χ0n) is 9.94. The lowest BCUT2D eigenvalue weighted by Crippen LogP contribution is -2.24. The molecule has 0 aromatic carbocycles. The molecule has 2 rings (SSSR count). The van der Waals surface area contributed by atoms with Gasteiger partial charge in [0.1, 0.15) is 12.2 Å². The molecule has 2 heterocycles. The summed E-state index contributed by atoms with van der Waals surface area (Å²) in [6, 6.07) is 0. The predicted octanol–water partition coefficient (Wildman–Crippen LogP) is -1.18. The van der Waals surface area contributed by atoms with Gasteiger partial charge < -0.3 is 15.3 Å². The Bertz CT molecular complexity index is 647. The Morgan fingerprint density at radius 3 is 2.79 bits per heavy atom. The molecular formula is C10H12N4O4S. The van der Waals surface area contributed by atoms with Crippen molar-refractivity contribution in [1.29, 1.82) is 0 Å². The van der Waals surface area contributed by atoms with Crippen molar-refractivity contribution in [3.05, 3.63) is 22.2 Å². The van der Waals surface area contributed by atoms with E-state index in [2.05, 4.69) is 19.9 Å². The molecule has 2 aromatic heterocycles. The van der Waals surface area contributed by atoms with Crippen molar-refractivity contribution in [2.24, 2.45) is 0 Å². The summed E-state index contributed by atoms with van der Waals surface area (Å²) in [6.45, 7) is -0.624. The van der Waals surface area contributed by atoms with Crippen molar-refractivity contribution in [3.8, 4) is 0 Å². The Hall–Kier alpha value is -1.55. The molecule has 0 spiro atoms. The largest absolute Gasteiger partial charge is 0.394 e. The van der Waals surface area contributed by atoms with Gasteiger partial charge in [0.25, 0.3) is 5.56 Å². The molecule has 2 aromatic rings. The second kappa shape index (κ2) is 5.61. The summed E-state index contributed by atoms with van der Waals surface area (Å²) in [7, 11) is 0. The Kier molecular flexibility index (Phi) is 4.10. The minimum Gasteiger partial charge on any atom is -0.394 e. The van der Waals surface area contributed by atoms with Gasteiger partial charge in [-0.15, -0.1) is 0 Å². The van der Waals surface area contributed by atoms with Crippen LogP contribution in [0.15, 0.2) is 16.1 Å². The van der Waals surface area contributed by atoms with Crippen LogP contribution in [-0.4, -0.2) is 54.2 Å². The quantitative estimate of drug-likeness (QED) is 0.407. The van der Waals surface area contributed by atoms with E-state index in [1.807, 2.05) is 0 Å². The van der Waals surface area contributed by atoms with Crippen LogP contribution in [0.2, 0.25) is 0 Å². The van der Waals surface area contributed by atoms with Crippen LogP contribution in [0.3, 0.4) is 0 Å². The molecule has 8 nitrogen and oxygen atoms in total. The lowest BCUT2D eigenvalue weighted by atomic mass is 10.1. The molecule has 0 bridgehead atoms. The highest BCUT2D eigenvalue weighted by Gasteiger charge is 2.20. The van der Waals surface area contributed by atoms with Gasteiger partial charge >= 0.3 is 0 Å². The number of aliphatic hydroxyl groups is 3. The molecule has 0 unspecified atom stereocenters. The van der Waals surface area contributed by atoms with E-state index < -0.39 is 24.4 Å². The standard InChI is InChI=1S/C10H12N4O4S/c1-19-10-13-8-6(9(18)14-10)12-4(2-11-8)7(17)5(16)3-15/h2,5,7,15-17H,3H2,1H3,(H,11,13,14,18)/t5-,7-/m1/s1. The topological polar surface area (TPSA) is 132 Å². The van der Waals surface area contributed by atoms with Crippen molar-refractivity contribution in [3.63, 3.8) is 0 Å². The summed E-state index contributed by atoms with van der Waals surface area (Å²) >= 11 is 1.26. The predicted molar refractivity (Wildman–Crippen MR) is 67.8 cm³/mol. The molecule has 9 heteroatoms. The minimum atomic E-state index is -1.42. The summed E-state index contributed by atoms with van der Waals surface area (Å²) < 4.78 is 0. The first kappa shape index (κ1) is 13.9. The summed E-state index contributed by atoms with van der Waals surface area (Å²) in [5.41, 5.74) is -0.352. The molecule has 4 N–H and O–H groups in total. The molecule has 0 aliphatic carbocycles. The zero-order valence-corrected chi connectivity index (χ0v) is 10.8. The highest BCUT2D eigenvalue weighted by atomic mass is 32.2. The molecule has 2 atom stereocenters. The van der Waals surface area contributed by atoms with Crippen LogP contribution in [0.25, 0.3) is 11.2 Å². The highest BCUT2D eigenvalue weighted by molar-refractivity contribution is 7.98. The van der Waals surface area contributed by atoms with Gasteiger partial charge in [-0.25, -0.2) is 15.0 Å². The fourth-order valence-corrected chi connectivity index (χ4v) is 1.82. The zero-order chi connectivity index (χ0) is 14.0. The third-order valence-corrected chi connectivity index (χ3v) is 3.04. The number of rotatable bonds is 4. The van der Waals surface area contributed by atoms with Crippen molar-refractivity contribution in [1.82, 2.24) is 19.9 Å². The average molecular weight is 284 g/mol. The molecule has 0 fully saturated rings. The molecular weight excluding hydrogens is 272 g/mol. The van der Waals surface area contributed by atoms with Gasteiger partial charge in [-0.3, -0.25) is 9.78 Å². The fraction of sp³-hybridized carbons (Fsp3) is 0.400. The van der Waals surface area contributed by atoms with Gasteiger partial charge in [0, 0.05) is 0 Å². The second-order valence-electron chi connectivity index (χ2n) is 3.74. The molecule has 0 amide bonds. The fourth-order valence-electron chi connectivity index (χ4n) is 1.45. The normalized spacial score (nSPS) is 14.5. The number of nitrogens with one attached hydrogen (secondary N) is 1. The average Bonchev–Trinajstić information content (AvgIpc) is 2.45. The van der Waals surface area contributed by atoms with Crippen LogP contribution in [0, 0.1) is 0 Å². The number of fused-ring (bicyclic) bond motifs is 1. The summed E-state index contributed by atoms with van der Waals surface area (Å²) in [4.78, 5) is 26.2. The summed E-state index contributed by atoms with van der Waals surface area (Å²) in [5, 5.41) is 28.2.